The van der Waals surface area contributed by atoms with Gasteiger partial charge in [0.2, 0.25) is 0 Å². The van der Waals surface area contributed by atoms with Crippen LogP contribution in [-0.2, 0) is 9.47 Å². The van der Waals surface area contributed by atoms with E-state index in [4.69, 9.17) is 9.47 Å². The summed E-state index contributed by atoms with van der Waals surface area (Å²) in [5.41, 5.74) is 0. The highest BCUT2D eigenvalue weighted by Gasteiger charge is 1.85. The molecule has 0 aliphatic heterocycles. The largest absolute Gasteiger partial charge is 0.355 e. The molecule has 0 aliphatic carbocycles. The van der Waals surface area contributed by atoms with Crippen molar-refractivity contribution in [2.75, 3.05) is 25.8 Å². The van der Waals surface area contributed by atoms with Crippen molar-refractivity contribution in [3.05, 3.63) is 0 Å². The van der Waals surface area contributed by atoms with E-state index >= 15 is 0 Å². The predicted octanol–water partition coefficient (Wildman–Crippen LogP) is 1.71. The van der Waals surface area contributed by atoms with Crippen molar-refractivity contribution >= 4 is 12.6 Å². The van der Waals surface area contributed by atoms with Crippen molar-refractivity contribution in [3.8, 4) is 0 Å². The van der Waals surface area contributed by atoms with Crippen molar-refractivity contribution in [3.63, 3.8) is 0 Å². The zero-order chi connectivity index (χ0) is 7.66. The minimum absolute atomic E-state index is 0.432. The van der Waals surface area contributed by atoms with E-state index in [0.29, 0.717) is 6.79 Å². The summed E-state index contributed by atoms with van der Waals surface area (Å²) in [5, 5.41) is 0. The van der Waals surface area contributed by atoms with Crippen LogP contribution in [0.4, 0.5) is 0 Å². The first kappa shape index (κ1) is 10.3. The Morgan fingerprint density at radius 2 is 1.90 bits per heavy atom. The highest BCUT2D eigenvalue weighted by molar-refractivity contribution is 7.80. The highest BCUT2D eigenvalue weighted by atomic mass is 32.1. The number of thiol groups is 1. The van der Waals surface area contributed by atoms with Crippen LogP contribution in [0.15, 0.2) is 0 Å². The molecule has 0 saturated heterocycles. The molecular formula is C7H16O2S. The molecule has 0 bridgehead atoms. The van der Waals surface area contributed by atoms with Crippen LogP contribution in [-0.4, -0.2) is 25.8 Å². The van der Waals surface area contributed by atoms with Gasteiger partial charge in [0.1, 0.15) is 6.79 Å². The van der Waals surface area contributed by atoms with E-state index in [0.717, 1.165) is 31.8 Å². The lowest BCUT2D eigenvalue weighted by Crippen LogP contribution is -2.02. The van der Waals surface area contributed by atoms with Crippen LogP contribution < -0.4 is 0 Å². The van der Waals surface area contributed by atoms with Gasteiger partial charge in [-0.2, -0.15) is 12.6 Å². The van der Waals surface area contributed by atoms with Gasteiger partial charge >= 0.3 is 0 Å². The maximum Gasteiger partial charge on any atom is 0.146 e. The molecule has 0 aromatic heterocycles. The molecule has 0 amide bonds. The summed E-state index contributed by atoms with van der Waals surface area (Å²) in [5.74, 6) is 0.883. The monoisotopic (exact) mass is 164 g/mol. The van der Waals surface area contributed by atoms with Crippen molar-refractivity contribution in [1.82, 2.24) is 0 Å². The molecule has 2 nitrogen and oxygen atoms in total. The summed E-state index contributed by atoms with van der Waals surface area (Å²) in [4.78, 5) is 0. The van der Waals surface area contributed by atoms with Gasteiger partial charge in [0.25, 0.3) is 0 Å². The topological polar surface area (TPSA) is 18.5 Å². The molecule has 0 atom stereocenters. The SMILES string of the molecule is CCCOCOCCCS. The van der Waals surface area contributed by atoms with Crippen molar-refractivity contribution in [2.45, 2.75) is 19.8 Å². The number of ether oxygens (including phenoxy) is 2. The van der Waals surface area contributed by atoms with Crippen LogP contribution in [0, 0.1) is 0 Å². The van der Waals surface area contributed by atoms with Crippen molar-refractivity contribution < 1.29 is 9.47 Å². The van der Waals surface area contributed by atoms with E-state index in [2.05, 4.69) is 19.6 Å². The molecule has 0 spiro atoms. The molecule has 0 rings (SSSR count). The third-order valence-electron chi connectivity index (χ3n) is 0.962. The standard InChI is InChI=1S/C7H16O2S/c1-2-4-8-7-9-5-3-6-10/h10H,2-7H2,1H3. The maximum atomic E-state index is 5.11. The normalized spacial score (nSPS) is 10.2. The second-order valence-electron chi connectivity index (χ2n) is 2.01. The number of hydrogen-bond donors (Lipinski definition) is 1. The van der Waals surface area contributed by atoms with E-state index in [1.54, 1.807) is 0 Å². The van der Waals surface area contributed by atoms with Crippen LogP contribution in [0.1, 0.15) is 19.8 Å². The maximum absolute atomic E-state index is 5.11. The molecule has 0 heterocycles. The summed E-state index contributed by atoms with van der Waals surface area (Å²) in [6, 6.07) is 0. The molecular weight excluding hydrogens is 148 g/mol. The Morgan fingerprint density at radius 1 is 1.20 bits per heavy atom. The Balaban J connectivity index is 2.65. The molecule has 0 aliphatic rings. The smallest absolute Gasteiger partial charge is 0.146 e. The summed E-state index contributed by atoms with van der Waals surface area (Å²) >= 11 is 4.04. The molecule has 0 fully saturated rings. The van der Waals surface area contributed by atoms with E-state index < -0.39 is 0 Å². The zero-order valence-corrected chi connectivity index (χ0v) is 7.40. The van der Waals surface area contributed by atoms with Gasteiger partial charge in [-0.3, -0.25) is 0 Å². The Labute approximate surface area is 68.3 Å². The van der Waals surface area contributed by atoms with Gasteiger partial charge in [0.05, 0.1) is 6.61 Å². The van der Waals surface area contributed by atoms with Crippen molar-refractivity contribution in [2.24, 2.45) is 0 Å². The quantitative estimate of drug-likeness (QED) is 0.351. The summed E-state index contributed by atoms with van der Waals surface area (Å²) in [6.07, 6.45) is 2.05. The lowest BCUT2D eigenvalue weighted by Gasteiger charge is -2.02. The number of rotatable bonds is 7. The van der Waals surface area contributed by atoms with Crippen molar-refractivity contribution in [1.29, 1.82) is 0 Å². The van der Waals surface area contributed by atoms with Crippen LogP contribution in [0.2, 0.25) is 0 Å². The molecule has 0 unspecified atom stereocenters. The average molecular weight is 164 g/mol. The fourth-order valence-corrected chi connectivity index (χ4v) is 0.617. The molecule has 0 saturated carbocycles. The van der Waals surface area contributed by atoms with Crippen LogP contribution >= 0.6 is 12.6 Å². The first-order valence-electron chi connectivity index (χ1n) is 3.68. The van der Waals surface area contributed by atoms with Gasteiger partial charge in [-0.25, -0.2) is 0 Å². The minimum atomic E-state index is 0.432. The molecule has 10 heavy (non-hydrogen) atoms. The molecule has 0 N–H and O–H groups in total. The lowest BCUT2D eigenvalue weighted by atomic mass is 10.5. The molecule has 0 aromatic rings. The van der Waals surface area contributed by atoms with Gasteiger partial charge in [-0.1, -0.05) is 6.92 Å². The molecule has 0 radical (unpaired) electrons. The summed E-state index contributed by atoms with van der Waals surface area (Å²) < 4.78 is 10.2. The second kappa shape index (κ2) is 9.27. The van der Waals surface area contributed by atoms with Gasteiger partial charge in [-0.05, 0) is 18.6 Å². The second-order valence-corrected chi connectivity index (χ2v) is 2.46. The minimum Gasteiger partial charge on any atom is -0.355 e. The van der Waals surface area contributed by atoms with Gasteiger partial charge in [0.15, 0.2) is 0 Å². The third-order valence-corrected chi connectivity index (χ3v) is 1.28. The zero-order valence-electron chi connectivity index (χ0n) is 6.51. The van der Waals surface area contributed by atoms with E-state index in [9.17, 15) is 0 Å². The van der Waals surface area contributed by atoms with E-state index in [1.807, 2.05) is 0 Å². The molecule has 62 valence electrons. The van der Waals surface area contributed by atoms with Gasteiger partial charge in [0, 0.05) is 6.61 Å². The Hall–Kier alpha value is 0.270. The van der Waals surface area contributed by atoms with Crippen LogP contribution in [0.25, 0.3) is 0 Å². The highest BCUT2D eigenvalue weighted by Crippen LogP contribution is 1.86. The number of hydrogen-bond acceptors (Lipinski definition) is 3. The van der Waals surface area contributed by atoms with E-state index in [1.165, 1.54) is 0 Å². The Morgan fingerprint density at radius 3 is 2.50 bits per heavy atom. The van der Waals surface area contributed by atoms with Crippen LogP contribution in [0.5, 0.6) is 0 Å². The van der Waals surface area contributed by atoms with Crippen LogP contribution in [0.3, 0.4) is 0 Å². The Kier molecular flexibility index (Phi) is 9.52. The fraction of sp³-hybridized carbons (Fsp3) is 1.00. The molecule has 3 heteroatoms. The Bertz CT molecular complexity index is 51.6. The third kappa shape index (κ3) is 8.27. The summed E-state index contributed by atoms with van der Waals surface area (Å²) in [6.45, 7) is 4.06. The average Bonchev–Trinajstić information content (AvgIpc) is 1.97. The first-order valence-corrected chi connectivity index (χ1v) is 4.31. The predicted molar refractivity (Wildman–Crippen MR) is 45.5 cm³/mol. The van der Waals surface area contributed by atoms with E-state index in [-0.39, 0.29) is 0 Å². The van der Waals surface area contributed by atoms with Gasteiger partial charge < -0.3 is 9.47 Å². The fourth-order valence-electron chi connectivity index (χ4n) is 0.488. The summed E-state index contributed by atoms with van der Waals surface area (Å²) in [7, 11) is 0. The van der Waals surface area contributed by atoms with Gasteiger partial charge in [-0.15, -0.1) is 0 Å². The molecule has 0 aromatic carbocycles. The first-order chi connectivity index (χ1) is 4.91. The lowest BCUT2D eigenvalue weighted by molar-refractivity contribution is -0.0529.